The number of para-hydroxylation sites is 2. The van der Waals surface area contributed by atoms with Crippen LogP contribution in [-0.2, 0) is 4.79 Å². The van der Waals surface area contributed by atoms with E-state index < -0.39 is 6.10 Å². The molecule has 0 radical (unpaired) electrons. The minimum atomic E-state index is -0.653. The Hall–Kier alpha value is -2.49. The van der Waals surface area contributed by atoms with Crippen molar-refractivity contribution >= 4 is 5.91 Å². The Morgan fingerprint density at radius 1 is 1.08 bits per heavy atom. The number of rotatable bonds is 4. The number of fused-ring (bicyclic) bond motifs is 1. The molecule has 0 bridgehead atoms. The molecule has 0 saturated carbocycles. The molecule has 0 fully saturated rings. The van der Waals surface area contributed by atoms with Gasteiger partial charge in [-0.2, -0.15) is 0 Å². The molecule has 4 heteroatoms. The maximum atomic E-state index is 12.7. The second-order valence-corrected chi connectivity index (χ2v) is 6.19. The van der Waals surface area contributed by atoms with E-state index in [4.69, 9.17) is 9.47 Å². The zero-order valence-corrected chi connectivity index (χ0v) is 14.3. The number of benzene rings is 2. The number of amides is 1. The van der Waals surface area contributed by atoms with Crippen LogP contribution in [0, 0.1) is 6.92 Å². The van der Waals surface area contributed by atoms with Gasteiger partial charge in [-0.05, 0) is 38.0 Å². The van der Waals surface area contributed by atoms with Crippen molar-refractivity contribution in [2.45, 2.75) is 45.4 Å². The van der Waals surface area contributed by atoms with Gasteiger partial charge in [0.05, 0.1) is 6.04 Å². The van der Waals surface area contributed by atoms with Crippen molar-refractivity contribution in [2.75, 3.05) is 0 Å². The highest BCUT2D eigenvalue weighted by Gasteiger charge is 2.34. The average Bonchev–Trinajstić information content (AvgIpc) is 2.59. The van der Waals surface area contributed by atoms with E-state index in [1.165, 1.54) is 5.56 Å². The summed E-state index contributed by atoms with van der Waals surface area (Å²) in [6.07, 6.45) is -0.178. The van der Waals surface area contributed by atoms with Gasteiger partial charge in [-0.1, -0.05) is 48.9 Å². The van der Waals surface area contributed by atoms with Crippen LogP contribution >= 0.6 is 0 Å². The topological polar surface area (TPSA) is 47.6 Å². The first-order valence-corrected chi connectivity index (χ1v) is 8.37. The zero-order chi connectivity index (χ0) is 17.1. The van der Waals surface area contributed by atoms with Gasteiger partial charge in [-0.15, -0.1) is 0 Å². The highest BCUT2D eigenvalue weighted by molar-refractivity contribution is 5.82. The van der Waals surface area contributed by atoms with E-state index in [1.54, 1.807) is 0 Å². The van der Waals surface area contributed by atoms with Crippen molar-refractivity contribution < 1.29 is 14.3 Å². The summed E-state index contributed by atoms with van der Waals surface area (Å²) in [4.78, 5) is 12.7. The van der Waals surface area contributed by atoms with Gasteiger partial charge in [0.15, 0.2) is 11.5 Å². The molecule has 1 amide bonds. The Morgan fingerprint density at radius 3 is 2.33 bits per heavy atom. The molecule has 2 aromatic rings. The van der Waals surface area contributed by atoms with Gasteiger partial charge in [0.2, 0.25) is 6.10 Å². The first-order chi connectivity index (χ1) is 11.6. The first-order valence-electron chi connectivity index (χ1n) is 8.37. The Balaban J connectivity index is 1.73. The molecular formula is C20H23NO3. The number of hydrogen-bond acceptors (Lipinski definition) is 3. The van der Waals surface area contributed by atoms with E-state index in [2.05, 4.69) is 43.4 Å². The molecule has 0 aliphatic carbocycles. The Morgan fingerprint density at radius 2 is 1.71 bits per heavy atom. The van der Waals surface area contributed by atoms with Crippen molar-refractivity contribution in [3.05, 3.63) is 59.7 Å². The summed E-state index contributed by atoms with van der Waals surface area (Å²) in [5.41, 5.74) is 2.30. The van der Waals surface area contributed by atoms with Gasteiger partial charge >= 0.3 is 0 Å². The third-order valence-corrected chi connectivity index (χ3v) is 4.31. The molecule has 3 rings (SSSR count). The van der Waals surface area contributed by atoms with Crippen LogP contribution in [0.15, 0.2) is 48.5 Å². The summed E-state index contributed by atoms with van der Waals surface area (Å²) in [6, 6.07) is 15.6. The smallest absolute Gasteiger partial charge is 0.265 e. The molecule has 3 atom stereocenters. The molecule has 0 saturated heterocycles. The number of hydrogen-bond donors (Lipinski definition) is 1. The van der Waals surface area contributed by atoms with Crippen LogP contribution in [0.3, 0.4) is 0 Å². The summed E-state index contributed by atoms with van der Waals surface area (Å²) in [5.74, 6) is 1.14. The molecule has 1 aliphatic heterocycles. The normalized spacial score (nSPS) is 20.3. The van der Waals surface area contributed by atoms with Crippen molar-refractivity contribution in [1.29, 1.82) is 0 Å². The maximum Gasteiger partial charge on any atom is 0.265 e. The predicted octanol–water partition coefficient (Wildman–Crippen LogP) is 3.79. The van der Waals surface area contributed by atoms with Gasteiger partial charge in [0.1, 0.15) is 6.10 Å². The van der Waals surface area contributed by atoms with Crippen LogP contribution in [0.4, 0.5) is 0 Å². The monoisotopic (exact) mass is 325 g/mol. The Bertz CT molecular complexity index is 711. The van der Waals surface area contributed by atoms with E-state index in [9.17, 15) is 4.79 Å². The fourth-order valence-corrected chi connectivity index (χ4v) is 2.88. The molecule has 2 aromatic carbocycles. The molecule has 1 aliphatic rings. The highest BCUT2D eigenvalue weighted by atomic mass is 16.6. The average molecular weight is 325 g/mol. The molecule has 126 valence electrons. The van der Waals surface area contributed by atoms with Crippen LogP contribution in [0.1, 0.15) is 37.4 Å². The molecular weight excluding hydrogens is 302 g/mol. The summed E-state index contributed by atoms with van der Waals surface area (Å²) in [5, 5.41) is 3.09. The van der Waals surface area contributed by atoms with Gasteiger partial charge in [-0.3, -0.25) is 4.79 Å². The van der Waals surface area contributed by atoms with Crippen molar-refractivity contribution in [3.63, 3.8) is 0 Å². The molecule has 1 heterocycles. The minimum absolute atomic E-state index is 0.0360. The molecule has 3 unspecified atom stereocenters. The zero-order valence-electron chi connectivity index (χ0n) is 14.3. The molecule has 0 spiro atoms. The second-order valence-electron chi connectivity index (χ2n) is 6.19. The third-order valence-electron chi connectivity index (χ3n) is 4.31. The van der Waals surface area contributed by atoms with Crippen LogP contribution in [0.2, 0.25) is 0 Å². The van der Waals surface area contributed by atoms with Gasteiger partial charge < -0.3 is 14.8 Å². The molecule has 1 N–H and O–H groups in total. The number of carbonyl (C=O) groups is 1. The largest absolute Gasteiger partial charge is 0.482 e. The van der Waals surface area contributed by atoms with Crippen LogP contribution < -0.4 is 14.8 Å². The quantitative estimate of drug-likeness (QED) is 0.930. The van der Waals surface area contributed by atoms with E-state index >= 15 is 0 Å². The van der Waals surface area contributed by atoms with E-state index in [0.29, 0.717) is 11.5 Å². The number of carbonyl (C=O) groups excluding carboxylic acids is 1. The lowest BCUT2D eigenvalue weighted by Gasteiger charge is -2.32. The number of aryl methyl sites for hydroxylation is 1. The number of ether oxygens (including phenoxy) is 2. The lowest BCUT2D eigenvalue weighted by molar-refractivity contribution is -0.134. The summed E-state index contributed by atoms with van der Waals surface area (Å²) in [7, 11) is 0. The van der Waals surface area contributed by atoms with Crippen LogP contribution in [0.25, 0.3) is 0 Å². The SMILES string of the molecule is CCC(NC(=O)C1Oc2ccccc2OC1C)c1ccc(C)cc1. The Labute approximate surface area is 142 Å². The van der Waals surface area contributed by atoms with E-state index in [-0.39, 0.29) is 18.1 Å². The lowest BCUT2D eigenvalue weighted by Crippen LogP contribution is -2.49. The third kappa shape index (κ3) is 3.37. The van der Waals surface area contributed by atoms with Crippen molar-refractivity contribution in [3.8, 4) is 11.5 Å². The fraction of sp³-hybridized carbons (Fsp3) is 0.350. The lowest BCUT2D eigenvalue weighted by atomic mass is 10.0. The highest BCUT2D eigenvalue weighted by Crippen LogP contribution is 2.33. The predicted molar refractivity (Wildman–Crippen MR) is 93.3 cm³/mol. The molecule has 0 aromatic heterocycles. The standard InChI is InChI=1S/C20H23NO3/c1-4-16(15-11-9-13(2)10-12-15)21-20(22)19-14(3)23-17-7-5-6-8-18(17)24-19/h5-12,14,16,19H,4H2,1-3H3,(H,21,22). The minimum Gasteiger partial charge on any atom is -0.482 e. The first kappa shape index (κ1) is 16.4. The van der Waals surface area contributed by atoms with Gasteiger partial charge in [0.25, 0.3) is 5.91 Å². The second kappa shape index (κ2) is 6.95. The Kier molecular flexibility index (Phi) is 4.74. The van der Waals surface area contributed by atoms with Gasteiger partial charge in [-0.25, -0.2) is 0 Å². The molecule has 4 nitrogen and oxygen atoms in total. The van der Waals surface area contributed by atoms with Crippen LogP contribution in [-0.4, -0.2) is 18.1 Å². The molecule has 24 heavy (non-hydrogen) atoms. The van der Waals surface area contributed by atoms with E-state index in [0.717, 1.165) is 12.0 Å². The van der Waals surface area contributed by atoms with Crippen molar-refractivity contribution in [1.82, 2.24) is 5.32 Å². The van der Waals surface area contributed by atoms with Crippen molar-refractivity contribution in [2.24, 2.45) is 0 Å². The summed E-state index contributed by atoms with van der Waals surface area (Å²) >= 11 is 0. The fourth-order valence-electron chi connectivity index (χ4n) is 2.88. The van der Waals surface area contributed by atoms with Crippen LogP contribution in [0.5, 0.6) is 11.5 Å². The maximum absolute atomic E-state index is 12.7. The van der Waals surface area contributed by atoms with Gasteiger partial charge in [0, 0.05) is 0 Å². The van der Waals surface area contributed by atoms with E-state index in [1.807, 2.05) is 31.2 Å². The summed E-state index contributed by atoms with van der Waals surface area (Å²) < 4.78 is 11.7. The number of nitrogens with one attached hydrogen (secondary N) is 1. The summed E-state index contributed by atoms with van der Waals surface area (Å²) in [6.45, 7) is 5.96.